The number of carbonyl (C=O) groups is 2. The molecule has 142 valence electrons. The lowest BCUT2D eigenvalue weighted by Gasteiger charge is -2.36. The molecule has 1 heterocycles. The Hall–Kier alpha value is -3.09. The minimum absolute atomic E-state index is 0.118. The van der Waals surface area contributed by atoms with Gasteiger partial charge in [0, 0.05) is 26.2 Å². The highest BCUT2D eigenvalue weighted by Crippen LogP contribution is 2.20. The average Bonchev–Trinajstić information content (AvgIpc) is 2.72. The van der Waals surface area contributed by atoms with Crippen molar-refractivity contribution in [3.8, 4) is 0 Å². The monoisotopic (exact) mass is 371 g/mol. The normalized spacial score (nSPS) is 14.0. The summed E-state index contributed by atoms with van der Waals surface area (Å²) in [7, 11) is 0. The third-order valence-electron chi connectivity index (χ3n) is 4.42. The Balaban J connectivity index is 1.39. The van der Waals surface area contributed by atoms with Gasteiger partial charge in [0.15, 0.2) is 0 Å². The Morgan fingerprint density at radius 2 is 1.63 bits per heavy atom. The molecule has 7 heteroatoms. The molecule has 1 aliphatic heterocycles. The Bertz CT molecular complexity index is 777. The molecule has 0 saturated carbocycles. The highest BCUT2D eigenvalue weighted by Gasteiger charge is 2.22. The largest absolute Gasteiger partial charge is 0.445 e. The lowest BCUT2D eigenvalue weighted by molar-refractivity contribution is -0.130. The average molecular weight is 371 g/mol. The molecule has 0 atom stereocenters. The third kappa shape index (κ3) is 5.20. The van der Waals surface area contributed by atoms with Crippen molar-refractivity contribution >= 4 is 17.7 Å². The van der Waals surface area contributed by atoms with E-state index < -0.39 is 6.09 Å². The molecular weight excluding hydrogens is 349 g/mol. The van der Waals surface area contributed by atoms with Gasteiger partial charge in [-0.25, -0.2) is 9.18 Å². The van der Waals surface area contributed by atoms with Crippen LogP contribution < -0.4 is 10.2 Å². The first kappa shape index (κ1) is 18.7. The number of carbonyl (C=O) groups excluding carboxylic acids is 2. The van der Waals surface area contributed by atoms with Crippen LogP contribution in [-0.2, 0) is 16.1 Å². The van der Waals surface area contributed by atoms with E-state index in [0.29, 0.717) is 31.9 Å². The van der Waals surface area contributed by atoms with E-state index in [-0.39, 0.29) is 24.9 Å². The number of alkyl carbamates (subject to hydrolysis) is 1. The van der Waals surface area contributed by atoms with Crippen LogP contribution in [0.1, 0.15) is 5.56 Å². The molecule has 1 saturated heterocycles. The van der Waals surface area contributed by atoms with Crippen LogP contribution in [0.5, 0.6) is 0 Å². The summed E-state index contributed by atoms with van der Waals surface area (Å²) >= 11 is 0. The smallest absolute Gasteiger partial charge is 0.407 e. The van der Waals surface area contributed by atoms with Gasteiger partial charge in [-0.3, -0.25) is 4.79 Å². The standard InChI is InChI=1S/C20H22FN3O3/c21-17-8-4-5-9-18(17)23-10-12-24(13-11-23)19(25)14-22-20(26)27-15-16-6-2-1-3-7-16/h1-9H,10-15H2,(H,22,26). The Labute approximate surface area is 157 Å². The number of rotatable bonds is 5. The van der Waals surface area contributed by atoms with Gasteiger partial charge in [0.25, 0.3) is 0 Å². The first-order valence-electron chi connectivity index (χ1n) is 8.85. The van der Waals surface area contributed by atoms with E-state index in [0.717, 1.165) is 5.56 Å². The predicted octanol–water partition coefficient (Wildman–Crippen LogP) is 2.40. The summed E-state index contributed by atoms with van der Waals surface area (Å²) in [4.78, 5) is 27.6. The van der Waals surface area contributed by atoms with Crippen LogP contribution in [0, 0.1) is 5.82 Å². The van der Waals surface area contributed by atoms with Gasteiger partial charge in [-0.15, -0.1) is 0 Å². The van der Waals surface area contributed by atoms with Crippen LogP contribution in [0.3, 0.4) is 0 Å². The Morgan fingerprint density at radius 3 is 2.33 bits per heavy atom. The van der Waals surface area contributed by atoms with Crippen LogP contribution in [0.4, 0.5) is 14.9 Å². The number of piperazine rings is 1. The maximum atomic E-state index is 13.9. The summed E-state index contributed by atoms with van der Waals surface area (Å²) in [5.41, 5.74) is 1.43. The maximum Gasteiger partial charge on any atom is 0.407 e. The van der Waals surface area contributed by atoms with E-state index in [1.165, 1.54) is 6.07 Å². The van der Waals surface area contributed by atoms with E-state index in [1.807, 2.05) is 35.2 Å². The van der Waals surface area contributed by atoms with Gasteiger partial charge in [-0.05, 0) is 17.7 Å². The third-order valence-corrected chi connectivity index (χ3v) is 4.42. The quantitative estimate of drug-likeness (QED) is 0.877. The molecule has 0 unspecified atom stereocenters. The number of hydrogen-bond donors (Lipinski definition) is 1. The highest BCUT2D eigenvalue weighted by molar-refractivity contribution is 5.82. The maximum absolute atomic E-state index is 13.9. The number of anilines is 1. The topological polar surface area (TPSA) is 61.9 Å². The van der Waals surface area contributed by atoms with Gasteiger partial charge in [0.05, 0.1) is 5.69 Å². The zero-order valence-electron chi connectivity index (χ0n) is 14.9. The van der Waals surface area contributed by atoms with Crippen LogP contribution in [0.2, 0.25) is 0 Å². The second kappa shape index (κ2) is 9.02. The number of benzene rings is 2. The van der Waals surface area contributed by atoms with Crippen molar-refractivity contribution in [2.45, 2.75) is 6.61 Å². The molecule has 2 aromatic carbocycles. The Morgan fingerprint density at radius 1 is 0.963 bits per heavy atom. The fraction of sp³-hybridized carbons (Fsp3) is 0.300. The molecule has 1 aliphatic rings. The fourth-order valence-electron chi connectivity index (χ4n) is 2.94. The number of halogens is 1. The van der Waals surface area contributed by atoms with Crippen molar-refractivity contribution in [3.05, 3.63) is 66.0 Å². The number of hydrogen-bond acceptors (Lipinski definition) is 4. The van der Waals surface area contributed by atoms with E-state index in [1.54, 1.807) is 23.1 Å². The van der Waals surface area contributed by atoms with Crippen LogP contribution in [0.25, 0.3) is 0 Å². The van der Waals surface area contributed by atoms with Gasteiger partial charge >= 0.3 is 6.09 Å². The molecule has 6 nitrogen and oxygen atoms in total. The molecular formula is C20H22FN3O3. The van der Waals surface area contributed by atoms with Crippen LogP contribution in [-0.4, -0.2) is 49.6 Å². The highest BCUT2D eigenvalue weighted by atomic mass is 19.1. The molecule has 27 heavy (non-hydrogen) atoms. The van der Waals surface area contributed by atoms with E-state index in [9.17, 15) is 14.0 Å². The lowest BCUT2D eigenvalue weighted by Crippen LogP contribution is -2.51. The lowest BCUT2D eigenvalue weighted by atomic mass is 10.2. The molecule has 0 bridgehead atoms. The summed E-state index contributed by atoms with van der Waals surface area (Å²) in [5.74, 6) is -0.444. The predicted molar refractivity (Wildman–Crippen MR) is 99.8 cm³/mol. The fourth-order valence-corrected chi connectivity index (χ4v) is 2.94. The summed E-state index contributed by atoms with van der Waals surface area (Å²) in [6, 6.07) is 15.9. The SMILES string of the molecule is O=C(NCC(=O)N1CCN(c2ccccc2F)CC1)OCc1ccccc1. The Kier molecular flexibility index (Phi) is 6.25. The summed E-state index contributed by atoms with van der Waals surface area (Å²) in [5, 5.41) is 2.48. The van der Waals surface area contributed by atoms with Crippen molar-refractivity contribution in [2.24, 2.45) is 0 Å². The van der Waals surface area contributed by atoms with Gasteiger partial charge in [0.1, 0.15) is 19.0 Å². The second-order valence-corrected chi connectivity index (χ2v) is 6.23. The van der Waals surface area contributed by atoms with E-state index >= 15 is 0 Å². The number of para-hydroxylation sites is 1. The van der Waals surface area contributed by atoms with Gasteiger partial charge < -0.3 is 19.9 Å². The molecule has 0 aliphatic carbocycles. The minimum Gasteiger partial charge on any atom is -0.445 e. The molecule has 2 amide bonds. The van der Waals surface area contributed by atoms with Crippen molar-refractivity contribution in [2.75, 3.05) is 37.6 Å². The van der Waals surface area contributed by atoms with Crippen LogP contribution in [0.15, 0.2) is 54.6 Å². The number of nitrogens with zero attached hydrogens (tertiary/aromatic N) is 2. The summed E-state index contributed by atoms with van der Waals surface area (Å²) in [6.07, 6.45) is -0.628. The molecule has 0 spiro atoms. The zero-order valence-corrected chi connectivity index (χ0v) is 14.9. The molecule has 1 N–H and O–H groups in total. The second-order valence-electron chi connectivity index (χ2n) is 6.23. The number of amides is 2. The first-order chi connectivity index (χ1) is 13.1. The number of ether oxygens (including phenoxy) is 1. The summed E-state index contributed by atoms with van der Waals surface area (Å²) in [6.45, 7) is 2.09. The number of nitrogens with one attached hydrogen (secondary N) is 1. The molecule has 0 aromatic heterocycles. The molecule has 0 radical (unpaired) electrons. The zero-order chi connectivity index (χ0) is 19.1. The van der Waals surface area contributed by atoms with Crippen LogP contribution >= 0.6 is 0 Å². The molecule has 2 aromatic rings. The summed E-state index contributed by atoms with van der Waals surface area (Å²) < 4.78 is 18.9. The van der Waals surface area contributed by atoms with Gasteiger partial charge in [-0.2, -0.15) is 0 Å². The van der Waals surface area contributed by atoms with Crippen molar-refractivity contribution in [1.29, 1.82) is 0 Å². The molecule has 3 rings (SSSR count). The van der Waals surface area contributed by atoms with Crippen molar-refractivity contribution in [3.63, 3.8) is 0 Å². The molecule has 1 fully saturated rings. The van der Waals surface area contributed by atoms with E-state index in [2.05, 4.69) is 5.32 Å². The first-order valence-corrected chi connectivity index (χ1v) is 8.85. The van der Waals surface area contributed by atoms with E-state index in [4.69, 9.17) is 4.74 Å². The van der Waals surface area contributed by atoms with Crippen molar-refractivity contribution in [1.82, 2.24) is 10.2 Å². The minimum atomic E-state index is -0.628. The van der Waals surface area contributed by atoms with Gasteiger partial charge in [-0.1, -0.05) is 42.5 Å². The van der Waals surface area contributed by atoms with Crippen molar-refractivity contribution < 1.29 is 18.7 Å². The van der Waals surface area contributed by atoms with Gasteiger partial charge in [0.2, 0.25) is 5.91 Å².